The molecule has 20 heavy (non-hydrogen) atoms. The third kappa shape index (κ3) is 4.78. The Bertz CT molecular complexity index is 332. The van der Waals surface area contributed by atoms with Crippen molar-refractivity contribution in [1.82, 2.24) is 10.6 Å². The van der Waals surface area contributed by atoms with Crippen LogP contribution in [0.25, 0.3) is 0 Å². The van der Waals surface area contributed by atoms with Crippen LogP contribution in [0.15, 0.2) is 0 Å². The van der Waals surface area contributed by atoms with E-state index in [2.05, 4.69) is 10.6 Å². The van der Waals surface area contributed by atoms with Gasteiger partial charge in [-0.2, -0.15) is 0 Å². The molecule has 0 spiro atoms. The highest BCUT2D eigenvalue weighted by Gasteiger charge is 2.26. The summed E-state index contributed by atoms with van der Waals surface area (Å²) >= 11 is 0. The first-order valence-electron chi connectivity index (χ1n) is 7.88. The van der Waals surface area contributed by atoms with Gasteiger partial charge >= 0.3 is 5.97 Å². The molecule has 5 heteroatoms. The number of carboxylic acid groups (broad SMARTS) is 1. The van der Waals surface area contributed by atoms with Crippen molar-refractivity contribution >= 4 is 11.9 Å². The van der Waals surface area contributed by atoms with E-state index in [1.807, 2.05) is 0 Å². The van der Waals surface area contributed by atoms with Crippen LogP contribution in [0.4, 0.5) is 0 Å². The largest absolute Gasteiger partial charge is 0.481 e. The van der Waals surface area contributed by atoms with E-state index in [0.717, 1.165) is 25.7 Å². The molecule has 0 aliphatic heterocycles. The highest BCUT2D eigenvalue weighted by molar-refractivity contribution is 5.78. The molecule has 0 radical (unpaired) electrons. The van der Waals surface area contributed by atoms with Crippen molar-refractivity contribution in [2.45, 2.75) is 57.4 Å². The van der Waals surface area contributed by atoms with Crippen LogP contribution in [0.1, 0.15) is 51.4 Å². The standard InChI is InChI=1S/C15H26N2O3/c18-14(10-16-13-3-1-2-4-13)17-9-11-5-7-12(8-6-11)15(19)20/h11-13,16H,1-10H2,(H,17,18)(H,19,20). The number of hydrogen-bond acceptors (Lipinski definition) is 3. The SMILES string of the molecule is O=C(CNC1CCCC1)NCC1CCC(C(=O)O)CC1. The molecule has 0 saturated heterocycles. The van der Waals surface area contributed by atoms with Gasteiger partial charge in [-0.15, -0.1) is 0 Å². The number of aliphatic carboxylic acids is 1. The third-order valence-corrected chi connectivity index (χ3v) is 4.69. The van der Waals surface area contributed by atoms with Gasteiger partial charge in [-0.1, -0.05) is 12.8 Å². The molecule has 0 heterocycles. The van der Waals surface area contributed by atoms with Gasteiger partial charge in [0.15, 0.2) is 0 Å². The molecular weight excluding hydrogens is 256 g/mol. The number of carbonyl (C=O) groups is 2. The first kappa shape index (κ1) is 15.3. The summed E-state index contributed by atoms with van der Waals surface area (Å²) in [6, 6.07) is 0.520. The van der Waals surface area contributed by atoms with Gasteiger partial charge in [-0.05, 0) is 44.4 Å². The average Bonchev–Trinajstić information content (AvgIpc) is 2.96. The lowest BCUT2D eigenvalue weighted by molar-refractivity contribution is -0.143. The van der Waals surface area contributed by atoms with Crippen molar-refractivity contribution in [1.29, 1.82) is 0 Å². The van der Waals surface area contributed by atoms with E-state index >= 15 is 0 Å². The molecule has 0 aromatic heterocycles. The van der Waals surface area contributed by atoms with Crippen LogP contribution in [-0.2, 0) is 9.59 Å². The average molecular weight is 282 g/mol. The molecule has 0 unspecified atom stereocenters. The first-order valence-corrected chi connectivity index (χ1v) is 7.88. The second kappa shape index (κ2) is 7.62. The van der Waals surface area contributed by atoms with Gasteiger partial charge in [0.05, 0.1) is 12.5 Å². The summed E-state index contributed by atoms with van der Waals surface area (Å²) in [5.41, 5.74) is 0. The molecule has 0 atom stereocenters. The maximum absolute atomic E-state index is 11.7. The zero-order valence-electron chi connectivity index (χ0n) is 12.1. The zero-order chi connectivity index (χ0) is 14.4. The molecule has 114 valence electrons. The van der Waals surface area contributed by atoms with Gasteiger partial charge in [0, 0.05) is 12.6 Å². The van der Waals surface area contributed by atoms with E-state index in [9.17, 15) is 9.59 Å². The molecule has 5 nitrogen and oxygen atoms in total. The van der Waals surface area contributed by atoms with E-state index in [4.69, 9.17) is 5.11 Å². The van der Waals surface area contributed by atoms with Gasteiger partial charge in [0.1, 0.15) is 0 Å². The highest BCUT2D eigenvalue weighted by atomic mass is 16.4. The van der Waals surface area contributed by atoms with E-state index in [1.54, 1.807) is 0 Å². The second-order valence-electron chi connectivity index (χ2n) is 6.22. The predicted octanol–water partition coefficient (Wildman–Crippen LogP) is 1.53. The monoisotopic (exact) mass is 282 g/mol. The summed E-state index contributed by atoms with van der Waals surface area (Å²) in [6.07, 6.45) is 8.23. The highest BCUT2D eigenvalue weighted by Crippen LogP contribution is 2.28. The Balaban J connectivity index is 1.56. The smallest absolute Gasteiger partial charge is 0.306 e. The Morgan fingerprint density at radius 2 is 1.65 bits per heavy atom. The molecule has 0 aromatic carbocycles. The molecule has 0 aromatic rings. The van der Waals surface area contributed by atoms with Crippen molar-refractivity contribution in [2.24, 2.45) is 11.8 Å². The molecule has 2 fully saturated rings. The number of nitrogens with one attached hydrogen (secondary N) is 2. The molecule has 2 aliphatic rings. The van der Waals surface area contributed by atoms with Gasteiger partial charge in [-0.3, -0.25) is 9.59 Å². The predicted molar refractivity (Wildman–Crippen MR) is 76.4 cm³/mol. The lowest BCUT2D eigenvalue weighted by Crippen LogP contribution is -2.40. The van der Waals surface area contributed by atoms with Gasteiger partial charge in [0.25, 0.3) is 0 Å². The number of carboxylic acids is 1. The van der Waals surface area contributed by atoms with Crippen molar-refractivity contribution < 1.29 is 14.7 Å². The van der Waals surface area contributed by atoms with Gasteiger partial charge in [0.2, 0.25) is 5.91 Å². The molecule has 2 saturated carbocycles. The second-order valence-corrected chi connectivity index (χ2v) is 6.22. The van der Waals surface area contributed by atoms with Gasteiger partial charge in [-0.25, -0.2) is 0 Å². The molecule has 2 rings (SSSR count). The molecule has 3 N–H and O–H groups in total. The maximum atomic E-state index is 11.7. The van der Waals surface area contributed by atoms with E-state index < -0.39 is 5.97 Å². The fraction of sp³-hybridized carbons (Fsp3) is 0.867. The Hall–Kier alpha value is -1.10. The quantitative estimate of drug-likeness (QED) is 0.690. The van der Waals surface area contributed by atoms with Crippen LogP contribution in [0.3, 0.4) is 0 Å². The summed E-state index contributed by atoms with van der Waals surface area (Å²) in [7, 11) is 0. The molecule has 2 aliphatic carbocycles. The number of amides is 1. The Morgan fingerprint density at radius 1 is 1.00 bits per heavy atom. The lowest BCUT2D eigenvalue weighted by atomic mass is 9.82. The van der Waals surface area contributed by atoms with Crippen molar-refractivity contribution in [3.05, 3.63) is 0 Å². The van der Waals surface area contributed by atoms with Crippen molar-refractivity contribution in [2.75, 3.05) is 13.1 Å². The Kier molecular flexibility index (Phi) is 5.83. The van der Waals surface area contributed by atoms with Crippen LogP contribution in [-0.4, -0.2) is 36.1 Å². The summed E-state index contributed by atoms with van der Waals surface area (Å²) in [5.74, 6) is -0.336. The summed E-state index contributed by atoms with van der Waals surface area (Å²) in [4.78, 5) is 22.6. The van der Waals surface area contributed by atoms with E-state index in [-0.39, 0.29) is 11.8 Å². The Labute approximate surface area is 120 Å². The number of hydrogen-bond donors (Lipinski definition) is 3. The Morgan fingerprint density at radius 3 is 2.25 bits per heavy atom. The summed E-state index contributed by atoms with van der Waals surface area (Å²) < 4.78 is 0. The minimum absolute atomic E-state index is 0.0669. The zero-order valence-corrected chi connectivity index (χ0v) is 12.1. The lowest BCUT2D eigenvalue weighted by Gasteiger charge is -2.26. The molecular formula is C15H26N2O3. The van der Waals surface area contributed by atoms with Crippen LogP contribution in [0.2, 0.25) is 0 Å². The fourth-order valence-corrected chi connectivity index (χ4v) is 3.30. The maximum Gasteiger partial charge on any atom is 0.306 e. The molecule has 1 amide bonds. The minimum atomic E-state index is -0.673. The van der Waals surface area contributed by atoms with Crippen LogP contribution < -0.4 is 10.6 Å². The minimum Gasteiger partial charge on any atom is -0.481 e. The third-order valence-electron chi connectivity index (χ3n) is 4.69. The number of rotatable bonds is 6. The first-order chi connectivity index (χ1) is 9.65. The number of carbonyl (C=O) groups excluding carboxylic acids is 1. The van der Waals surface area contributed by atoms with Crippen LogP contribution in [0, 0.1) is 11.8 Å². The van der Waals surface area contributed by atoms with Crippen LogP contribution in [0.5, 0.6) is 0 Å². The molecule has 0 bridgehead atoms. The normalized spacial score (nSPS) is 27.4. The van der Waals surface area contributed by atoms with Crippen molar-refractivity contribution in [3.8, 4) is 0 Å². The topological polar surface area (TPSA) is 78.4 Å². The summed E-state index contributed by atoms with van der Waals surface area (Å²) in [6.45, 7) is 1.10. The summed E-state index contributed by atoms with van der Waals surface area (Å²) in [5, 5.41) is 15.2. The fourth-order valence-electron chi connectivity index (χ4n) is 3.30. The van der Waals surface area contributed by atoms with Crippen molar-refractivity contribution in [3.63, 3.8) is 0 Å². The van der Waals surface area contributed by atoms with E-state index in [1.165, 1.54) is 25.7 Å². The van der Waals surface area contributed by atoms with Crippen LogP contribution >= 0.6 is 0 Å². The van der Waals surface area contributed by atoms with Gasteiger partial charge < -0.3 is 15.7 Å². The van der Waals surface area contributed by atoms with E-state index in [0.29, 0.717) is 25.0 Å².